The number of aromatic amines is 1. The first kappa shape index (κ1) is 11.2. The zero-order chi connectivity index (χ0) is 12.7. The summed E-state index contributed by atoms with van der Waals surface area (Å²) in [6.45, 7) is 0. The molecule has 90 valence electrons. The Bertz CT molecular complexity index is 739. The maximum Gasteiger partial charge on any atom is 0.183 e. The van der Waals surface area contributed by atoms with E-state index < -0.39 is 0 Å². The second-order valence-corrected chi connectivity index (χ2v) is 4.87. The molecule has 0 aliphatic carbocycles. The quantitative estimate of drug-likeness (QED) is 0.581. The highest BCUT2D eigenvalue weighted by Crippen LogP contribution is 2.27. The average molecular weight is 353 g/mol. The molecule has 0 amide bonds. The lowest BCUT2D eigenvalue weighted by molar-refractivity contribution is 0.471. The number of halogens is 1. The van der Waals surface area contributed by atoms with Crippen LogP contribution in [0.15, 0.2) is 24.5 Å². The number of aromatic nitrogens is 4. The van der Waals surface area contributed by atoms with E-state index in [2.05, 4.69) is 42.5 Å². The van der Waals surface area contributed by atoms with Crippen LogP contribution in [0.4, 0.5) is 5.82 Å². The number of imidazole rings is 1. The lowest BCUT2D eigenvalue weighted by Gasteiger charge is -1.99. The summed E-state index contributed by atoms with van der Waals surface area (Å²) < 4.78 is 0.784. The Labute approximate surface area is 115 Å². The summed E-state index contributed by atoms with van der Waals surface area (Å²) in [5, 5.41) is 9.69. The van der Waals surface area contributed by atoms with Crippen molar-refractivity contribution in [2.24, 2.45) is 0 Å². The first-order valence-electron chi connectivity index (χ1n) is 5.10. The zero-order valence-corrected chi connectivity index (χ0v) is 11.2. The molecule has 0 unspecified atom stereocenters. The van der Waals surface area contributed by atoms with E-state index in [9.17, 15) is 5.11 Å². The highest BCUT2D eigenvalue weighted by molar-refractivity contribution is 14.1. The van der Waals surface area contributed by atoms with Gasteiger partial charge in [0.15, 0.2) is 11.5 Å². The van der Waals surface area contributed by atoms with Gasteiger partial charge in [0, 0.05) is 5.56 Å². The number of phenols is 1. The Balaban J connectivity index is 2.19. The van der Waals surface area contributed by atoms with E-state index in [1.807, 2.05) is 12.1 Å². The Morgan fingerprint density at radius 1 is 1.28 bits per heavy atom. The Morgan fingerprint density at radius 2 is 2.11 bits per heavy atom. The number of nitrogen functional groups attached to an aromatic ring is 1. The fourth-order valence-electron chi connectivity index (χ4n) is 1.64. The molecule has 3 rings (SSSR count). The number of rotatable bonds is 1. The molecule has 2 aromatic heterocycles. The molecule has 0 aliphatic heterocycles. The molecule has 0 fully saturated rings. The van der Waals surface area contributed by atoms with Crippen molar-refractivity contribution >= 4 is 39.6 Å². The highest BCUT2D eigenvalue weighted by atomic mass is 127. The number of nitrogens with zero attached hydrogens (tertiary/aromatic N) is 3. The van der Waals surface area contributed by atoms with Crippen LogP contribution in [0.2, 0.25) is 0 Å². The number of hydrogen-bond acceptors (Lipinski definition) is 5. The SMILES string of the molecule is Nc1ncnc2nc(-c3ccc(I)c(O)c3)[nH]c12. The second kappa shape index (κ2) is 4.09. The van der Waals surface area contributed by atoms with Crippen molar-refractivity contribution in [1.82, 2.24) is 19.9 Å². The van der Waals surface area contributed by atoms with Crippen LogP contribution in [-0.4, -0.2) is 25.0 Å². The van der Waals surface area contributed by atoms with E-state index in [-0.39, 0.29) is 5.75 Å². The average Bonchev–Trinajstić information content (AvgIpc) is 2.78. The third-order valence-electron chi connectivity index (χ3n) is 2.54. The van der Waals surface area contributed by atoms with Crippen LogP contribution in [0.5, 0.6) is 5.75 Å². The molecule has 6 nitrogen and oxygen atoms in total. The zero-order valence-electron chi connectivity index (χ0n) is 9.05. The molecule has 0 saturated heterocycles. The molecule has 0 saturated carbocycles. The van der Waals surface area contributed by atoms with Gasteiger partial charge in [0.2, 0.25) is 0 Å². The summed E-state index contributed by atoms with van der Waals surface area (Å²) in [6, 6.07) is 5.32. The van der Waals surface area contributed by atoms with Crippen LogP contribution in [0.3, 0.4) is 0 Å². The van der Waals surface area contributed by atoms with Crippen molar-refractivity contribution in [2.75, 3.05) is 5.73 Å². The Kier molecular flexibility index (Phi) is 2.54. The van der Waals surface area contributed by atoms with Crippen LogP contribution >= 0.6 is 22.6 Å². The predicted octanol–water partition coefficient (Wildman–Crippen LogP) is 1.91. The molecular weight excluding hydrogens is 345 g/mol. The van der Waals surface area contributed by atoms with Crippen molar-refractivity contribution in [1.29, 1.82) is 0 Å². The minimum atomic E-state index is 0.215. The molecule has 4 N–H and O–H groups in total. The van der Waals surface area contributed by atoms with E-state index in [0.29, 0.717) is 22.8 Å². The number of aromatic hydroxyl groups is 1. The summed E-state index contributed by atoms with van der Waals surface area (Å²) in [5.74, 6) is 1.17. The smallest absolute Gasteiger partial charge is 0.183 e. The normalized spacial score (nSPS) is 10.9. The lowest BCUT2D eigenvalue weighted by atomic mass is 10.2. The molecule has 1 aromatic carbocycles. The number of benzene rings is 1. The van der Waals surface area contributed by atoms with Gasteiger partial charge in [-0.2, -0.15) is 0 Å². The number of phenolic OH excluding ortho intramolecular Hbond substituents is 1. The van der Waals surface area contributed by atoms with E-state index in [0.717, 1.165) is 9.13 Å². The molecule has 0 spiro atoms. The van der Waals surface area contributed by atoms with Crippen molar-refractivity contribution in [3.63, 3.8) is 0 Å². The molecule has 0 atom stereocenters. The largest absolute Gasteiger partial charge is 0.507 e. The molecular formula is C11H8IN5O. The maximum atomic E-state index is 9.69. The van der Waals surface area contributed by atoms with Gasteiger partial charge in [0.05, 0.1) is 3.57 Å². The van der Waals surface area contributed by atoms with Gasteiger partial charge in [-0.05, 0) is 40.8 Å². The highest BCUT2D eigenvalue weighted by Gasteiger charge is 2.10. The minimum Gasteiger partial charge on any atom is -0.507 e. The third-order valence-corrected chi connectivity index (χ3v) is 3.45. The van der Waals surface area contributed by atoms with E-state index in [1.54, 1.807) is 6.07 Å². The monoisotopic (exact) mass is 353 g/mol. The van der Waals surface area contributed by atoms with Crippen LogP contribution < -0.4 is 5.73 Å². The number of nitrogens with two attached hydrogens (primary N) is 1. The van der Waals surface area contributed by atoms with Gasteiger partial charge in [-0.1, -0.05) is 0 Å². The Hall–Kier alpha value is -1.90. The maximum absolute atomic E-state index is 9.69. The summed E-state index contributed by atoms with van der Waals surface area (Å²) in [7, 11) is 0. The molecule has 18 heavy (non-hydrogen) atoms. The molecule has 2 heterocycles. The molecule has 7 heteroatoms. The first-order valence-corrected chi connectivity index (χ1v) is 6.18. The van der Waals surface area contributed by atoms with Crippen molar-refractivity contribution in [3.8, 4) is 17.1 Å². The van der Waals surface area contributed by atoms with E-state index >= 15 is 0 Å². The van der Waals surface area contributed by atoms with Gasteiger partial charge in [-0.25, -0.2) is 15.0 Å². The summed E-state index contributed by atoms with van der Waals surface area (Å²) >= 11 is 2.06. The van der Waals surface area contributed by atoms with Crippen molar-refractivity contribution < 1.29 is 5.11 Å². The number of nitrogens with one attached hydrogen (secondary N) is 1. The first-order chi connectivity index (χ1) is 8.65. The van der Waals surface area contributed by atoms with Gasteiger partial charge in [0.1, 0.15) is 23.4 Å². The number of H-pyrrole nitrogens is 1. The predicted molar refractivity (Wildman–Crippen MR) is 75.9 cm³/mol. The topological polar surface area (TPSA) is 101 Å². The van der Waals surface area contributed by atoms with Crippen LogP contribution in [0.25, 0.3) is 22.6 Å². The fourth-order valence-corrected chi connectivity index (χ4v) is 1.98. The molecule has 3 aromatic rings. The third kappa shape index (κ3) is 1.76. The van der Waals surface area contributed by atoms with E-state index in [1.165, 1.54) is 6.33 Å². The molecule has 0 bridgehead atoms. The number of hydrogen-bond donors (Lipinski definition) is 3. The lowest BCUT2D eigenvalue weighted by Crippen LogP contribution is -1.91. The van der Waals surface area contributed by atoms with Gasteiger partial charge >= 0.3 is 0 Å². The fraction of sp³-hybridized carbons (Fsp3) is 0. The number of anilines is 1. The number of fused-ring (bicyclic) bond motifs is 1. The van der Waals surface area contributed by atoms with Gasteiger partial charge in [0.25, 0.3) is 0 Å². The van der Waals surface area contributed by atoms with Crippen molar-refractivity contribution in [2.45, 2.75) is 0 Å². The summed E-state index contributed by atoms with van der Waals surface area (Å²) in [6.07, 6.45) is 1.37. The molecule has 0 aliphatic rings. The van der Waals surface area contributed by atoms with Crippen molar-refractivity contribution in [3.05, 3.63) is 28.1 Å². The van der Waals surface area contributed by atoms with Gasteiger partial charge in [-0.15, -0.1) is 0 Å². The second-order valence-electron chi connectivity index (χ2n) is 3.71. The minimum absolute atomic E-state index is 0.215. The van der Waals surface area contributed by atoms with Crippen LogP contribution in [0.1, 0.15) is 0 Å². The van der Waals surface area contributed by atoms with Crippen LogP contribution in [-0.2, 0) is 0 Å². The van der Waals surface area contributed by atoms with Crippen LogP contribution in [0, 0.1) is 3.57 Å². The summed E-state index contributed by atoms with van der Waals surface area (Å²) in [5.41, 5.74) is 7.61. The Morgan fingerprint density at radius 3 is 2.83 bits per heavy atom. The van der Waals surface area contributed by atoms with Gasteiger partial charge < -0.3 is 15.8 Å². The molecule has 0 radical (unpaired) electrons. The van der Waals surface area contributed by atoms with E-state index in [4.69, 9.17) is 5.73 Å². The summed E-state index contributed by atoms with van der Waals surface area (Å²) in [4.78, 5) is 15.3. The van der Waals surface area contributed by atoms with Gasteiger partial charge in [-0.3, -0.25) is 0 Å². The standard InChI is InChI=1S/C11H8IN5O/c12-6-2-1-5(3-7(6)18)10-16-8-9(13)14-4-15-11(8)17-10/h1-4,18H,(H3,13,14,15,16,17).